The Balaban J connectivity index is 1.88. The summed E-state index contributed by atoms with van der Waals surface area (Å²) in [6.07, 6.45) is 7.73. The fraction of sp³-hybridized carbons (Fsp3) is 0.739. The highest BCUT2D eigenvalue weighted by Gasteiger charge is 2.61. The first-order valence-electron chi connectivity index (χ1n) is 10.0. The molecular weight excluding hydrogens is 308 g/mol. The number of hydrogen-bond donors (Lipinski definition) is 1. The number of methoxy groups -OCH3 is 1. The van der Waals surface area contributed by atoms with Gasteiger partial charge in [0.1, 0.15) is 0 Å². The van der Waals surface area contributed by atoms with Crippen molar-refractivity contribution in [1.29, 1.82) is 0 Å². The molecule has 138 valence electrons. The highest BCUT2D eigenvalue weighted by atomic mass is 16.5. The summed E-state index contributed by atoms with van der Waals surface area (Å²) in [5.74, 6) is 2.50. The largest absolute Gasteiger partial charge is 0.504 e. The molecule has 2 nitrogen and oxygen atoms in total. The quantitative estimate of drug-likeness (QED) is 0.702. The lowest BCUT2D eigenvalue weighted by Crippen LogP contribution is -2.55. The van der Waals surface area contributed by atoms with Crippen molar-refractivity contribution in [2.24, 2.45) is 22.7 Å². The first kappa shape index (κ1) is 17.2. The fourth-order valence-corrected chi connectivity index (χ4v) is 7.68. The molecule has 1 aromatic rings. The Morgan fingerprint density at radius 3 is 2.48 bits per heavy atom. The van der Waals surface area contributed by atoms with Gasteiger partial charge in [-0.05, 0) is 84.3 Å². The second-order valence-electron chi connectivity index (χ2n) is 10.2. The van der Waals surface area contributed by atoms with Crippen LogP contribution in [0, 0.1) is 29.6 Å². The van der Waals surface area contributed by atoms with Gasteiger partial charge in [-0.3, -0.25) is 0 Å². The van der Waals surface area contributed by atoms with Crippen LogP contribution in [0.5, 0.6) is 11.5 Å². The zero-order valence-corrected chi connectivity index (χ0v) is 16.8. The van der Waals surface area contributed by atoms with Crippen LogP contribution < -0.4 is 4.74 Å². The van der Waals surface area contributed by atoms with E-state index in [1.165, 1.54) is 48.8 Å². The Hall–Kier alpha value is -1.18. The van der Waals surface area contributed by atoms with Crippen LogP contribution in [0.25, 0.3) is 0 Å². The average Bonchev–Trinajstić information content (AvgIpc) is 2.81. The van der Waals surface area contributed by atoms with Crippen molar-refractivity contribution < 1.29 is 9.84 Å². The van der Waals surface area contributed by atoms with Crippen LogP contribution in [0.15, 0.2) is 6.07 Å². The van der Waals surface area contributed by atoms with Gasteiger partial charge in [-0.25, -0.2) is 0 Å². The van der Waals surface area contributed by atoms with E-state index in [1.807, 2.05) is 6.07 Å². The molecule has 3 aliphatic rings. The lowest BCUT2D eigenvalue weighted by Gasteiger charge is -2.61. The summed E-state index contributed by atoms with van der Waals surface area (Å²) in [6.45, 7) is 12.2. The lowest BCUT2D eigenvalue weighted by molar-refractivity contribution is -0.0983. The van der Waals surface area contributed by atoms with Crippen molar-refractivity contribution in [3.63, 3.8) is 0 Å². The predicted octanol–water partition coefficient (Wildman–Crippen LogP) is 5.77. The summed E-state index contributed by atoms with van der Waals surface area (Å²) >= 11 is 0. The van der Waals surface area contributed by atoms with Gasteiger partial charge in [0.2, 0.25) is 0 Å². The number of ether oxygens (including phenoxy) is 1. The molecular formula is C23H34O2. The molecule has 0 saturated heterocycles. The Labute approximate surface area is 153 Å². The van der Waals surface area contributed by atoms with Crippen LogP contribution in [-0.4, -0.2) is 12.2 Å². The van der Waals surface area contributed by atoms with Crippen LogP contribution in [0.3, 0.4) is 0 Å². The third-order valence-electron chi connectivity index (χ3n) is 8.53. The molecule has 1 aromatic carbocycles. The number of hydrogen-bond acceptors (Lipinski definition) is 2. The zero-order valence-electron chi connectivity index (χ0n) is 16.8. The fourth-order valence-electron chi connectivity index (χ4n) is 7.68. The van der Waals surface area contributed by atoms with E-state index in [-0.39, 0.29) is 5.41 Å². The van der Waals surface area contributed by atoms with Gasteiger partial charge in [-0.15, -0.1) is 0 Å². The van der Waals surface area contributed by atoms with Crippen LogP contribution >= 0.6 is 0 Å². The van der Waals surface area contributed by atoms with Gasteiger partial charge in [0.05, 0.1) is 7.11 Å². The Morgan fingerprint density at radius 1 is 1.08 bits per heavy atom. The molecule has 0 unspecified atom stereocenters. The van der Waals surface area contributed by atoms with Crippen molar-refractivity contribution in [3.8, 4) is 11.5 Å². The molecule has 0 bridgehead atoms. The molecule has 2 fully saturated rings. The molecule has 3 aliphatic carbocycles. The van der Waals surface area contributed by atoms with Gasteiger partial charge in [0.25, 0.3) is 0 Å². The topological polar surface area (TPSA) is 29.5 Å². The van der Waals surface area contributed by atoms with Crippen LogP contribution in [0.1, 0.15) is 76.5 Å². The molecule has 4 atom stereocenters. The monoisotopic (exact) mass is 342 g/mol. The van der Waals surface area contributed by atoms with E-state index in [2.05, 4.69) is 34.6 Å². The van der Waals surface area contributed by atoms with Gasteiger partial charge in [0.15, 0.2) is 11.5 Å². The smallest absolute Gasteiger partial charge is 0.163 e. The normalized spacial score (nSPS) is 38.6. The van der Waals surface area contributed by atoms with E-state index in [4.69, 9.17) is 4.74 Å². The highest BCUT2D eigenvalue weighted by molar-refractivity contribution is 5.59. The van der Waals surface area contributed by atoms with Gasteiger partial charge in [0, 0.05) is 5.56 Å². The van der Waals surface area contributed by atoms with Gasteiger partial charge >= 0.3 is 0 Å². The minimum Gasteiger partial charge on any atom is -0.504 e. The number of aryl methyl sites for hydroxylation is 1. The molecule has 0 heterocycles. The van der Waals surface area contributed by atoms with E-state index in [0.717, 1.165) is 18.1 Å². The van der Waals surface area contributed by atoms with E-state index in [1.54, 1.807) is 7.11 Å². The average molecular weight is 343 g/mol. The summed E-state index contributed by atoms with van der Waals surface area (Å²) in [5, 5.41) is 10.4. The molecule has 0 amide bonds. The zero-order chi connectivity index (χ0) is 18.2. The van der Waals surface area contributed by atoms with E-state index >= 15 is 0 Å². The van der Waals surface area contributed by atoms with Gasteiger partial charge in [-0.1, -0.05) is 34.1 Å². The molecule has 0 aromatic heterocycles. The molecule has 2 heteroatoms. The second kappa shape index (κ2) is 5.18. The number of fused-ring (bicyclic) bond motifs is 5. The van der Waals surface area contributed by atoms with Gasteiger partial charge < -0.3 is 9.84 Å². The number of phenolic OH excluding ortho intramolecular Hbond substituents is 1. The SMILES string of the molecule is COc1c(O)cc(C)c2c1C[C@H]1[C@@]3(C)CCCC(C)(C)[C@@H]3CC[C@@]21C. The predicted molar refractivity (Wildman–Crippen MR) is 102 cm³/mol. The number of rotatable bonds is 1. The van der Waals surface area contributed by atoms with E-state index < -0.39 is 0 Å². The molecule has 2 saturated carbocycles. The second-order valence-corrected chi connectivity index (χ2v) is 10.2. The summed E-state index contributed by atoms with van der Waals surface area (Å²) in [4.78, 5) is 0. The lowest BCUT2D eigenvalue weighted by atomic mass is 9.43. The molecule has 0 spiro atoms. The number of aromatic hydroxyl groups is 1. The molecule has 1 N–H and O–H groups in total. The Morgan fingerprint density at radius 2 is 1.80 bits per heavy atom. The van der Waals surface area contributed by atoms with Crippen LogP contribution in [-0.2, 0) is 11.8 Å². The van der Waals surface area contributed by atoms with E-state index in [0.29, 0.717) is 22.5 Å². The first-order valence-corrected chi connectivity index (χ1v) is 10.0. The number of benzene rings is 1. The molecule has 0 aliphatic heterocycles. The van der Waals surface area contributed by atoms with Crippen LogP contribution in [0.2, 0.25) is 0 Å². The van der Waals surface area contributed by atoms with Crippen molar-refractivity contribution in [2.45, 2.75) is 78.6 Å². The summed E-state index contributed by atoms with van der Waals surface area (Å²) in [5.41, 5.74) is 5.08. The summed E-state index contributed by atoms with van der Waals surface area (Å²) in [7, 11) is 1.70. The minimum absolute atomic E-state index is 0.221. The number of phenols is 1. The third-order valence-corrected chi connectivity index (χ3v) is 8.53. The summed E-state index contributed by atoms with van der Waals surface area (Å²) < 4.78 is 5.65. The summed E-state index contributed by atoms with van der Waals surface area (Å²) in [6, 6.07) is 1.92. The van der Waals surface area contributed by atoms with Crippen molar-refractivity contribution in [2.75, 3.05) is 7.11 Å². The minimum atomic E-state index is 0.221. The maximum absolute atomic E-state index is 10.4. The Kier molecular flexibility index (Phi) is 3.57. The maximum Gasteiger partial charge on any atom is 0.163 e. The van der Waals surface area contributed by atoms with Crippen molar-refractivity contribution in [1.82, 2.24) is 0 Å². The standard InChI is InChI=1S/C23H34O2/c1-14-12-16(24)20(25-6)15-13-18-22(4)10-7-9-21(2,3)17(22)8-11-23(18,5)19(14)15/h12,17-18,24H,7-11,13H2,1-6H3/t17-,18-,22-,23+/m0/s1. The first-order chi connectivity index (χ1) is 11.6. The highest BCUT2D eigenvalue weighted by Crippen LogP contribution is 2.68. The van der Waals surface area contributed by atoms with Gasteiger partial charge in [-0.2, -0.15) is 0 Å². The molecule has 0 radical (unpaired) electrons. The molecule has 25 heavy (non-hydrogen) atoms. The third kappa shape index (κ3) is 2.09. The van der Waals surface area contributed by atoms with Crippen LogP contribution in [0.4, 0.5) is 0 Å². The van der Waals surface area contributed by atoms with E-state index in [9.17, 15) is 5.11 Å². The maximum atomic E-state index is 10.4. The van der Waals surface area contributed by atoms with Crippen molar-refractivity contribution >= 4 is 0 Å². The van der Waals surface area contributed by atoms with Crippen molar-refractivity contribution in [3.05, 3.63) is 22.8 Å². The Bertz CT molecular complexity index is 719. The molecule has 4 rings (SSSR count).